The molecule has 0 saturated heterocycles. The zero-order valence-electron chi connectivity index (χ0n) is 14.4. The number of benzene rings is 2. The minimum atomic E-state index is -0.402. The van der Waals surface area contributed by atoms with E-state index in [9.17, 15) is 9.90 Å². The van der Waals surface area contributed by atoms with E-state index in [1.54, 1.807) is 6.92 Å². The number of aromatic nitrogens is 1. The van der Waals surface area contributed by atoms with E-state index >= 15 is 0 Å². The van der Waals surface area contributed by atoms with E-state index in [2.05, 4.69) is 34.3 Å². The molecule has 1 aromatic heterocycles. The number of hydrogen-bond donors (Lipinski definition) is 2. The fourth-order valence-corrected chi connectivity index (χ4v) is 2.46. The number of carbonyl (C=O) groups excluding carboxylic acids is 1. The van der Waals surface area contributed by atoms with Gasteiger partial charge in [0.1, 0.15) is 5.75 Å². The Labute approximate surface area is 152 Å². The molecular formula is C22H18N2O2. The molecule has 2 N–H and O–H groups in total. The molecule has 0 bridgehead atoms. The van der Waals surface area contributed by atoms with Crippen LogP contribution in [0.3, 0.4) is 0 Å². The van der Waals surface area contributed by atoms with Gasteiger partial charge in [0.15, 0.2) is 5.69 Å². The minimum Gasteiger partial charge on any atom is -0.505 e. The summed E-state index contributed by atoms with van der Waals surface area (Å²) in [6.45, 7) is 2.28. The molecule has 26 heavy (non-hydrogen) atoms. The summed E-state index contributed by atoms with van der Waals surface area (Å²) in [7, 11) is 0. The van der Waals surface area contributed by atoms with Crippen LogP contribution in [0, 0.1) is 11.8 Å². The van der Waals surface area contributed by atoms with Gasteiger partial charge in [-0.1, -0.05) is 54.3 Å². The molecule has 128 valence electrons. The van der Waals surface area contributed by atoms with Crippen molar-refractivity contribution in [2.45, 2.75) is 6.92 Å². The van der Waals surface area contributed by atoms with Gasteiger partial charge in [-0.2, -0.15) is 0 Å². The lowest BCUT2D eigenvalue weighted by Gasteiger charge is -2.03. The maximum absolute atomic E-state index is 11.7. The molecule has 2 aromatic carbocycles. The molecule has 3 aromatic rings. The monoisotopic (exact) mass is 342 g/mol. The zero-order valence-corrected chi connectivity index (χ0v) is 14.4. The van der Waals surface area contributed by atoms with E-state index in [0.717, 1.165) is 16.7 Å². The van der Waals surface area contributed by atoms with E-state index in [1.165, 1.54) is 12.3 Å². The first-order valence-corrected chi connectivity index (χ1v) is 8.32. The zero-order chi connectivity index (χ0) is 18.4. The average Bonchev–Trinajstić information content (AvgIpc) is 2.68. The molecule has 0 unspecified atom stereocenters. The van der Waals surface area contributed by atoms with Crippen LogP contribution < -0.4 is 5.32 Å². The van der Waals surface area contributed by atoms with Crippen LogP contribution >= 0.6 is 0 Å². The Balaban J connectivity index is 1.77. The number of rotatable bonds is 3. The third-order valence-electron chi connectivity index (χ3n) is 3.76. The summed E-state index contributed by atoms with van der Waals surface area (Å²) in [5.74, 6) is 5.41. The lowest BCUT2D eigenvalue weighted by atomic mass is 10.0. The highest BCUT2D eigenvalue weighted by Crippen LogP contribution is 2.19. The normalized spacial score (nSPS) is 9.88. The number of amides is 1. The molecule has 0 atom stereocenters. The molecule has 0 aliphatic carbocycles. The number of carbonyl (C=O) groups is 1. The predicted octanol–water partition coefficient (Wildman–Crippen LogP) is 3.60. The van der Waals surface area contributed by atoms with Crippen molar-refractivity contribution in [3.8, 4) is 28.7 Å². The summed E-state index contributed by atoms with van der Waals surface area (Å²) in [6.07, 6.45) is 1.48. The summed E-state index contributed by atoms with van der Waals surface area (Å²) in [4.78, 5) is 15.7. The smallest absolute Gasteiger partial charge is 0.273 e. The van der Waals surface area contributed by atoms with Crippen molar-refractivity contribution in [3.63, 3.8) is 0 Å². The minimum absolute atomic E-state index is 0.00427. The van der Waals surface area contributed by atoms with Crippen LogP contribution in [-0.2, 0) is 0 Å². The second-order valence-electron chi connectivity index (χ2n) is 5.64. The van der Waals surface area contributed by atoms with E-state index < -0.39 is 5.91 Å². The van der Waals surface area contributed by atoms with E-state index in [1.807, 2.05) is 42.5 Å². The maximum atomic E-state index is 11.7. The van der Waals surface area contributed by atoms with Crippen LogP contribution in [0.1, 0.15) is 28.5 Å². The standard InChI is InChI=1S/C22H18N2O2/c1-2-23-22(26)21-20(25)14-17(15-24-21)9-8-16-10-12-19(13-11-16)18-6-4-3-5-7-18/h3-7,10-15,25H,2H2,1H3,(H,23,26). The van der Waals surface area contributed by atoms with Gasteiger partial charge in [0.2, 0.25) is 0 Å². The molecule has 0 aliphatic heterocycles. The summed E-state index contributed by atoms with van der Waals surface area (Å²) in [5.41, 5.74) is 3.69. The fraction of sp³-hybridized carbons (Fsp3) is 0.0909. The van der Waals surface area contributed by atoms with E-state index in [-0.39, 0.29) is 11.4 Å². The summed E-state index contributed by atoms with van der Waals surface area (Å²) in [5, 5.41) is 12.6. The Morgan fingerprint density at radius 3 is 2.31 bits per heavy atom. The van der Waals surface area contributed by atoms with Crippen LogP contribution in [0.5, 0.6) is 5.75 Å². The number of hydrogen-bond acceptors (Lipinski definition) is 3. The Morgan fingerprint density at radius 1 is 1.00 bits per heavy atom. The van der Waals surface area contributed by atoms with Crippen molar-refractivity contribution >= 4 is 5.91 Å². The second kappa shape index (κ2) is 8.00. The third kappa shape index (κ3) is 4.08. The first kappa shape index (κ1) is 17.2. The Morgan fingerprint density at radius 2 is 1.65 bits per heavy atom. The Bertz CT molecular complexity index is 969. The van der Waals surface area contributed by atoms with Crippen LogP contribution in [-0.4, -0.2) is 22.5 Å². The van der Waals surface area contributed by atoms with E-state index in [0.29, 0.717) is 12.1 Å². The molecule has 1 amide bonds. The van der Waals surface area contributed by atoms with Crippen LogP contribution in [0.2, 0.25) is 0 Å². The van der Waals surface area contributed by atoms with Gasteiger partial charge in [-0.05, 0) is 36.2 Å². The Kier molecular flexibility index (Phi) is 5.31. The third-order valence-corrected chi connectivity index (χ3v) is 3.76. The SMILES string of the molecule is CCNC(=O)c1ncc(C#Cc2ccc(-c3ccccc3)cc2)cc1O. The first-order chi connectivity index (χ1) is 12.7. The quantitative estimate of drug-likeness (QED) is 0.715. The molecule has 3 rings (SSSR count). The topological polar surface area (TPSA) is 62.2 Å². The molecule has 0 aliphatic rings. The van der Waals surface area contributed by atoms with Crippen molar-refractivity contribution in [1.82, 2.24) is 10.3 Å². The molecule has 0 radical (unpaired) electrons. The van der Waals surface area contributed by atoms with Gasteiger partial charge in [-0.3, -0.25) is 4.79 Å². The van der Waals surface area contributed by atoms with Gasteiger partial charge in [0.05, 0.1) is 0 Å². The molecule has 0 spiro atoms. The molecule has 0 fully saturated rings. The predicted molar refractivity (Wildman–Crippen MR) is 102 cm³/mol. The lowest BCUT2D eigenvalue weighted by Crippen LogP contribution is -2.23. The van der Waals surface area contributed by atoms with Crippen molar-refractivity contribution in [2.75, 3.05) is 6.54 Å². The van der Waals surface area contributed by atoms with Gasteiger partial charge in [0.25, 0.3) is 5.91 Å². The summed E-state index contributed by atoms with van der Waals surface area (Å²) < 4.78 is 0. The molecule has 4 heteroatoms. The first-order valence-electron chi connectivity index (χ1n) is 8.32. The number of aromatic hydroxyl groups is 1. The summed E-state index contributed by atoms with van der Waals surface area (Å²) in [6, 6.07) is 19.5. The van der Waals surface area contributed by atoms with Crippen molar-refractivity contribution < 1.29 is 9.90 Å². The average molecular weight is 342 g/mol. The number of pyridine rings is 1. The summed E-state index contributed by atoms with van der Waals surface area (Å²) >= 11 is 0. The van der Waals surface area contributed by atoms with Crippen molar-refractivity contribution in [3.05, 3.63) is 83.7 Å². The Hall–Kier alpha value is -3.58. The number of nitrogens with one attached hydrogen (secondary N) is 1. The maximum Gasteiger partial charge on any atom is 0.273 e. The molecule has 1 heterocycles. The molecule has 0 saturated carbocycles. The van der Waals surface area contributed by atoms with Gasteiger partial charge >= 0.3 is 0 Å². The van der Waals surface area contributed by atoms with Crippen LogP contribution in [0.15, 0.2) is 66.9 Å². The highest BCUT2D eigenvalue weighted by Gasteiger charge is 2.11. The van der Waals surface area contributed by atoms with Crippen molar-refractivity contribution in [2.24, 2.45) is 0 Å². The van der Waals surface area contributed by atoms with Gasteiger partial charge in [-0.25, -0.2) is 4.98 Å². The lowest BCUT2D eigenvalue weighted by molar-refractivity contribution is 0.0948. The largest absolute Gasteiger partial charge is 0.505 e. The highest BCUT2D eigenvalue weighted by atomic mass is 16.3. The van der Waals surface area contributed by atoms with Gasteiger partial charge in [-0.15, -0.1) is 0 Å². The molecular weight excluding hydrogens is 324 g/mol. The van der Waals surface area contributed by atoms with Crippen LogP contribution in [0.4, 0.5) is 0 Å². The number of nitrogens with zero attached hydrogens (tertiary/aromatic N) is 1. The fourth-order valence-electron chi connectivity index (χ4n) is 2.46. The van der Waals surface area contributed by atoms with E-state index in [4.69, 9.17) is 0 Å². The van der Waals surface area contributed by atoms with Crippen molar-refractivity contribution in [1.29, 1.82) is 0 Å². The van der Waals surface area contributed by atoms with Gasteiger partial charge < -0.3 is 10.4 Å². The molecule has 4 nitrogen and oxygen atoms in total. The highest BCUT2D eigenvalue weighted by molar-refractivity contribution is 5.94. The second-order valence-corrected chi connectivity index (χ2v) is 5.64. The van der Waals surface area contributed by atoms with Gasteiger partial charge in [0, 0.05) is 23.9 Å². The van der Waals surface area contributed by atoms with Crippen LogP contribution in [0.25, 0.3) is 11.1 Å².